The smallest absolute Gasteiger partial charge is 0.240 e. The molecule has 0 bridgehead atoms. The summed E-state index contributed by atoms with van der Waals surface area (Å²) in [7, 11) is -0.830. The Kier molecular flexibility index (Phi) is 6.76. The van der Waals surface area contributed by atoms with Crippen molar-refractivity contribution in [2.45, 2.75) is 39.2 Å². The Morgan fingerprint density at radius 2 is 1.87 bits per heavy atom. The molecule has 0 aliphatic rings. The van der Waals surface area contributed by atoms with Crippen LogP contribution < -0.4 is 11.1 Å². The van der Waals surface area contributed by atoms with Crippen LogP contribution in [-0.4, -0.2) is 33.7 Å². The summed E-state index contributed by atoms with van der Waals surface area (Å²) in [5.74, 6) is 0.998. The topological polar surface area (TPSA) is 72.2 Å². The second kappa shape index (κ2) is 6.95. The summed E-state index contributed by atoms with van der Waals surface area (Å²) in [5.41, 5.74) is 5.13. The van der Waals surface area contributed by atoms with Gasteiger partial charge < -0.3 is 11.1 Å². The maximum Gasteiger partial charge on any atom is 0.240 e. The highest BCUT2D eigenvalue weighted by Crippen LogP contribution is 2.10. The van der Waals surface area contributed by atoms with Crippen LogP contribution in [-0.2, 0) is 15.6 Å². The van der Waals surface area contributed by atoms with E-state index in [0.29, 0.717) is 30.9 Å². The Balaban J connectivity index is 3.98. The third-order valence-electron chi connectivity index (χ3n) is 2.65. The standard InChI is InChI=1S/C10H22N2O2S/c1-4-10(11,5-2)9(13)12-7-8-15(14)6-3/h4-8,11H2,1-3H3,(H,12,13). The van der Waals surface area contributed by atoms with Gasteiger partial charge in [-0.25, -0.2) is 0 Å². The second-order valence-electron chi connectivity index (χ2n) is 3.55. The Morgan fingerprint density at radius 1 is 1.33 bits per heavy atom. The van der Waals surface area contributed by atoms with Gasteiger partial charge in [-0.2, -0.15) is 0 Å². The van der Waals surface area contributed by atoms with Gasteiger partial charge in [-0.3, -0.25) is 9.00 Å². The minimum absolute atomic E-state index is 0.138. The van der Waals surface area contributed by atoms with Gasteiger partial charge in [0.1, 0.15) is 0 Å². The number of nitrogens with two attached hydrogens (primary N) is 1. The molecule has 0 spiro atoms. The average molecular weight is 234 g/mol. The van der Waals surface area contributed by atoms with Gasteiger partial charge in [-0.1, -0.05) is 20.8 Å². The van der Waals surface area contributed by atoms with Crippen molar-refractivity contribution >= 4 is 16.7 Å². The number of carbonyl (C=O) groups excluding carboxylic acids is 1. The molecule has 0 aliphatic carbocycles. The van der Waals surface area contributed by atoms with Gasteiger partial charge in [0.15, 0.2) is 0 Å². The van der Waals surface area contributed by atoms with Gasteiger partial charge in [-0.05, 0) is 12.8 Å². The molecule has 15 heavy (non-hydrogen) atoms. The SMILES string of the molecule is CCS(=O)CCNC(=O)C(N)(CC)CC. The number of hydrogen-bond donors (Lipinski definition) is 2. The number of hydrogen-bond acceptors (Lipinski definition) is 3. The Labute approximate surface area is 94.4 Å². The molecule has 0 aromatic heterocycles. The number of rotatable bonds is 7. The molecule has 0 aliphatic heterocycles. The van der Waals surface area contributed by atoms with E-state index in [-0.39, 0.29) is 5.91 Å². The summed E-state index contributed by atoms with van der Waals surface area (Å²) in [6, 6.07) is 0. The molecule has 0 aromatic rings. The van der Waals surface area contributed by atoms with Gasteiger partial charge >= 0.3 is 0 Å². The molecule has 1 amide bonds. The molecular weight excluding hydrogens is 212 g/mol. The van der Waals surface area contributed by atoms with E-state index in [2.05, 4.69) is 5.32 Å². The second-order valence-corrected chi connectivity index (χ2v) is 5.42. The summed E-state index contributed by atoms with van der Waals surface area (Å²) >= 11 is 0. The highest BCUT2D eigenvalue weighted by molar-refractivity contribution is 7.84. The lowest BCUT2D eigenvalue weighted by Gasteiger charge is -2.25. The number of nitrogens with one attached hydrogen (secondary N) is 1. The third kappa shape index (κ3) is 4.75. The third-order valence-corrected chi connectivity index (χ3v) is 3.95. The van der Waals surface area contributed by atoms with Crippen molar-refractivity contribution in [2.24, 2.45) is 5.73 Å². The van der Waals surface area contributed by atoms with E-state index >= 15 is 0 Å². The lowest BCUT2D eigenvalue weighted by Crippen LogP contribution is -2.53. The van der Waals surface area contributed by atoms with Crippen LogP contribution in [0.3, 0.4) is 0 Å². The molecule has 0 radical (unpaired) electrons. The first-order chi connectivity index (χ1) is 7.00. The maximum absolute atomic E-state index is 11.7. The molecule has 0 heterocycles. The van der Waals surface area contributed by atoms with E-state index in [4.69, 9.17) is 5.73 Å². The predicted molar refractivity (Wildman–Crippen MR) is 64.1 cm³/mol. The van der Waals surface area contributed by atoms with Gasteiger partial charge in [-0.15, -0.1) is 0 Å². The van der Waals surface area contributed by atoms with Crippen molar-refractivity contribution in [1.29, 1.82) is 0 Å². The van der Waals surface area contributed by atoms with Crippen molar-refractivity contribution in [1.82, 2.24) is 5.32 Å². The summed E-state index contributed by atoms with van der Waals surface area (Å²) in [5, 5.41) is 2.73. The van der Waals surface area contributed by atoms with Crippen LogP contribution in [0.1, 0.15) is 33.6 Å². The van der Waals surface area contributed by atoms with Crippen LogP contribution in [0, 0.1) is 0 Å². The van der Waals surface area contributed by atoms with Crippen LogP contribution in [0.15, 0.2) is 0 Å². The first kappa shape index (κ1) is 14.6. The van der Waals surface area contributed by atoms with Gasteiger partial charge in [0.05, 0.1) is 5.54 Å². The van der Waals surface area contributed by atoms with E-state index in [1.165, 1.54) is 0 Å². The van der Waals surface area contributed by atoms with Crippen LogP contribution >= 0.6 is 0 Å². The molecular formula is C10H22N2O2S. The lowest BCUT2D eigenvalue weighted by molar-refractivity contribution is -0.126. The van der Waals surface area contributed by atoms with E-state index in [0.717, 1.165) is 0 Å². The highest BCUT2D eigenvalue weighted by Gasteiger charge is 2.29. The first-order valence-electron chi connectivity index (χ1n) is 5.42. The van der Waals surface area contributed by atoms with Crippen molar-refractivity contribution in [3.63, 3.8) is 0 Å². The van der Waals surface area contributed by atoms with Crippen molar-refractivity contribution in [2.75, 3.05) is 18.1 Å². The number of carbonyl (C=O) groups is 1. The summed E-state index contributed by atoms with van der Waals surface area (Å²) in [4.78, 5) is 11.7. The minimum atomic E-state index is -0.830. The average Bonchev–Trinajstić information content (AvgIpc) is 2.27. The van der Waals surface area contributed by atoms with E-state index < -0.39 is 16.3 Å². The van der Waals surface area contributed by atoms with Crippen molar-refractivity contribution < 1.29 is 9.00 Å². The largest absolute Gasteiger partial charge is 0.354 e. The normalized spacial score (nSPS) is 13.6. The summed E-state index contributed by atoms with van der Waals surface area (Å²) in [6.45, 7) is 6.10. The molecule has 0 saturated carbocycles. The molecule has 1 unspecified atom stereocenters. The van der Waals surface area contributed by atoms with E-state index in [1.54, 1.807) is 0 Å². The molecule has 0 aromatic carbocycles. The molecule has 3 N–H and O–H groups in total. The Hall–Kier alpha value is -0.420. The van der Waals surface area contributed by atoms with Crippen LogP contribution in [0.4, 0.5) is 0 Å². The molecule has 90 valence electrons. The number of amides is 1. The quantitative estimate of drug-likeness (QED) is 0.669. The molecule has 1 atom stereocenters. The molecule has 5 heteroatoms. The fourth-order valence-electron chi connectivity index (χ4n) is 1.17. The van der Waals surface area contributed by atoms with Gasteiger partial charge in [0, 0.05) is 28.9 Å². The zero-order valence-electron chi connectivity index (χ0n) is 9.84. The van der Waals surface area contributed by atoms with E-state index in [1.807, 2.05) is 20.8 Å². The molecule has 0 fully saturated rings. The van der Waals surface area contributed by atoms with Crippen LogP contribution in [0.2, 0.25) is 0 Å². The first-order valence-corrected chi connectivity index (χ1v) is 6.91. The Bertz CT molecular complexity index is 227. The summed E-state index contributed by atoms with van der Waals surface area (Å²) < 4.78 is 11.1. The summed E-state index contributed by atoms with van der Waals surface area (Å²) in [6.07, 6.45) is 1.23. The maximum atomic E-state index is 11.7. The molecule has 0 rings (SSSR count). The van der Waals surface area contributed by atoms with Gasteiger partial charge in [0.2, 0.25) is 5.91 Å². The van der Waals surface area contributed by atoms with Crippen LogP contribution in [0.25, 0.3) is 0 Å². The highest BCUT2D eigenvalue weighted by atomic mass is 32.2. The Morgan fingerprint density at radius 3 is 2.27 bits per heavy atom. The molecule has 4 nitrogen and oxygen atoms in total. The van der Waals surface area contributed by atoms with Crippen molar-refractivity contribution in [3.8, 4) is 0 Å². The lowest BCUT2D eigenvalue weighted by atomic mass is 9.93. The zero-order valence-corrected chi connectivity index (χ0v) is 10.7. The zero-order chi connectivity index (χ0) is 11.9. The fourth-order valence-corrected chi connectivity index (χ4v) is 1.79. The molecule has 0 saturated heterocycles. The monoisotopic (exact) mass is 234 g/mol. The van der Waals surface area contributed by atoms with Crippen LogP contribution in [0.5, 0.6) is 0 Å². The van der Waals surface area contributed by atoms with E-state index in [9.17, 15) is 9.00 Å². The van der Waals surface area contributed by atoms with Gasteiger partial charge in [0.25, 0.3) is 0 Å². The fraction of sp³-hybridized carbons (Fsp3) is 0.900. The predicted octanol–water partition coefficient (Wildman–Crippen LogP) is 0.389. The van der Waals surface area contributed by atoms with Crippen molar-refractivity contribution in [3.05, 3.63) is 0 Å². The minimum Gasteiger partial charge on any atom is -0.354 e.